The van der Waals surface area contributed by atoms with E-state index in [1.54, 1.807) is 16.3 Å². The van der Waals surface area contributed by atoms with Gasteiger partial charge in [-0.2, -0.15) is 17.0 Å². The number of carbonyl (C=O) groups excluding carboxylic acids is 1. The molecule has 1 heterocycles. The minimum Gasteiger partial charge on any atom is -0.489 e. The van der Waals surface area contributed by atoms with Gasteiger partial charge in [0.1, 0.15) is 12.4 Å². The van der Waals surface area contributed by atoms with Crippen LogP contribution in [0.4, 0.5) is 0 Å². The fraction of sp³-hybridized carbons (Fsp3) is 0.480. The van der Waals surface area contributed by atoms with Crippen molar-refractivity contribution in [2.75, 3.05) is 33.2 Å². The van der Waals surface area contributed by atoms with Crippen molar-refractivity contribution in [1.29, 1.82) is 0 Å². The highest BCUT2D eigenvalue weighted by Gasteiger charge is 2.35. The van der Waals surface area contributed by atoms with Crippen molar-refractivity contribution in [3.63, 3.8) is 0 Å². The Hall–Kier alpha value is -2.42. The molecule has 8 heteroatoms. The maximum Gasteiger partial charge on any atom is 0.282 e. The van der Waals surface area contributed by atoms with Gasteiger partial charge in [0.25, 0.3) is 16.1 Å². The lowest BCUT2D eigenvalue weighted by molar-refractivity contribution is 0.0690. The second-order valence-electron chi connectivity index (χ2n) is 8.77. The quantitative estimate of drug-likeness (QED) is 0.619. The summed E-state index contributed by atoms with van der Waals surface area (Å²) in [6, 6.07) is 17.0. The lowest BCUT2D eigenvalue weighted by Crippen LogP contribution is -2.55. The molecule has 2 aromatic carbocycles. The number of para-hydroxylation sites is 1. The highest BCUT2D eigenvalue weighted by Crippen LogP contribution is 2.25. The van der Waals surface area contributed by atoms with Crippen LogP contribution in [0.2, 0.25) is 0 Å². The lowest BCUT2D eigenvalue weighted by Gasteiger charge is -2.38. The van der Waals surface area contributed by atoms with Gasteiger partial charge < -0.3 is 9.64 Å². The topological polar surface area (TPSA) is 70.2 Å². The number of nitrogens with zero attached hydrogens (tertiary/aromatic N) is 3. The standard InChI is InChI=1S/C25H33N3O4S/c1-26(22-11-4-2-5-12-22)33(30,31)28-18-16-27(17-19-28)25(29)24-15-9-8-10-21(24)20-32-23-13-6-3-7-14-23/h3,6-10,13-15,22H,2,4-5,11-12,16-20H2,1H3. The van der Waals surface area contributed by atoms with E-state index in [0.29, 0.717) is 38.3 Å². The molecular weight excluding hydrogens is 438 g/mol. The zero-order valence-electron chi connectivity index (χ0n) is 19.2. The van der Waals surface area contributed by atoms with Crippen LogP contribution in [0.5, 0.6) is 5.75 Å². The maximum atomic E-state index is 13.3. The largest absolute Gasteiger partial charge is 0.489 e. The normalized spacial score (nSPS) is 18.4. The van der Waals surface area contributed by atoms with Crippen molar-refractivity contribution in [2.24, 2.45) is 0 Å². The van der Waals surface area contributed by atoms with Crippen LogP contribution in [-0.2, 0) is 16.8 Å². The van der Waals surface area contributed by atoms with Gasteiger partial charge in [-0.15, -0.1) is 0 Å². The van der Waals surface area contributed by atoms with Crippen molar-refractivity contribution in [3.8, 4) is 5.75 Å². The Kier molecular flexibility index (Phi) is 7.67. The number of hydrogen-bond acceptors (Lipinski definition) is 4. The Bertz CT molecular complexity index is 1030. The summed E-state index contributed by atoms with van der Waals surface area (Å²) < 4.78 is 35.2. The SMILES string of the molecule is CN(C1CCCCC1)S(=O)(=O)N1CCN(C(=O)c2ccccc2COc2ccccc2)CC1. The molecule has 0 unspecified atom stereocenters. The Morgan fingerprint density at radius 1 is 0.939 bits per heavy atom. The maximum absolute atomic E-state index is 13.3. The smallest absolute Gasteiger partial charge is 0.282 e. The molecule has 0 aromatic heterocycles. The average Bonchev–Trinajstić information content (AvgIpc) is 2.88. The molecule has 1 amide bonds. The predicted molar refractivity (Wildman–Crippen MR) is 128 cm³/mol. The number of benzene rings is 2. The highest BCUT2D eigenvalue weighted by atomic mass is 32.2. The van der Waals surface area contributed by atoms with Crippen LogP contribution in [-0.4, -0.2) is 67.1 Å². The first-order chi connectivity index (χ1) is 16.0. The van der Waals surface area contributed by atoms with Crippen LogP contribution >= 0.6 is 0 Å². The van der Waals surface area contributed by atoms with E-state index in [9.17, 15) is 13.2 Å². The number of ether oxygens (including phenoxy) is 1. The molecule has 0 atom stereocenters. The summed E-state index contributed by atoms with van der Waals surface area (Å²) in [6.07, 6.45) is 5.20. The van der Waals surface area contributed by atoms with E-state index in [1.165, 1.54) is 10.7 Å². The van der Waals surface area contributed by atoms with Gasteiger partial charge in [0.2, 0.25) is 0 Å². The number of amides is 1. The number of hydrogen-bond donors (Lipinski definition) is 0. The van der Waals surface area contributed by atoms with Crippen molar-refractivity contribution in [1.82, 2.24) is 13.5 Å². The first kappa shape index (κ1) is 23.7. The Morgan fingerprint density at radius 3 is 2.27 bits per heavy atom. The van der Waals surface area contributed by atoms with Gasteiger partial charge in [-0.25, -0.2) is 0 Å². The second-order valence-corrected chi connectivity index (χ2v) is 10.8. The number of carbonyl (C=O) groups is 1. The van der Waals surface area contributed by atoms with Crippen molar-refractivity contribution in [2.45, 2.75) is 44.8 Å². The van der Waals surface area contributed by atoms with E-state index in [-0.39, 0.29) is 11.9 Å². The lowest BCUT2D eigenvalue weighted by atomic mass is 9.96. The Labute approximate surface area is 197 Å². The average molecular weight is 472 g/mol. The van der Waals surface area contributed by atoms with Gasteiger partial charge in [0.05, 0.1) is 0 Å². The zero-order valence-corrected chi connectivity index (χ0v) is 20.0. The van der Waals surface area contributed by atoms with Crippen LogP contribution in [0.25, 0.3) is 0 Å². The van der Waals surface area contributed by atoms with Crippen LogP contribution in [0.15, 0.2) is 54.6 Å². The molecule has 2 aliphatic rings. The van der Waals surface area contributed by atoms with Gasteiger partial charge in [-0.05, 0) is 31.0 Å². The van der Waals surface area contributed by atoms with Gasteiger partial charge in [0, 0.05) is 50.4 Å². The van der Waals surface area contributed by atoms with Gasteiger partial charge >= 0.3 is 0 Å². The molecule has 33 heavy (non-hydrogen) atoms. The fourth-order valence-corrected chi connectivity index (χ4v) is 6.22. The monoisotopic (exact) mass is 471 g/mol. The highest BCUT2D eigenvalue weighted by molar-refractivity contribution is 7.86. The number of rotatable bonds is 7. The molecule has 0 radical (unpaired) electrons. The minimum atomic E-state index is -3.51. The van der Waals surface area contributed by atoms with Crippen molar-refractivity contribution >= 4 is 16.1 Å². The third kappa shape index (κ3) is 5.57. The van der Waals surface area contributed by atoms with Crippen LogP contribution in [0, 0.1) is 0 Å². The molecule has 1 aliphatic heterocycles. The fourth-order valence-electron chi connectivity index (χ4n) is 4.64. The molecule has 0 spiro atoms. The molecule has 2 fully saturated rings. The summed E-state index contributed by atoms with van der Waals surface area (Å²) in [4.78, 5) is 15.0. The molecule has 178 valence electrons. The third-order valence-electron chi connectivity index (χ3n) is 6.69. The molecule has 0 N–H and O–H groups in total. The first-order valence-electron chi connectivity index (χ1n) is 11.7. The van der Waals surface area contributed by atoms with Crippen molar-refractivity contribution < 1.29 is 17.9 Å². The molecule has 0 bridgehead atoms. The van der Waals surface area contributed by atoms with E-state index in [4.69, 9.17) is 4.74 Å². The van der Waals surface area contributed by atoms with Crippen LogP contribution < -0.4 is 4.74 Å². The summed E-state index contributed by atoms with van der Waals surface area (Å²) in [5.41, 5.74) is 1.42. The van der Waals surface area contributed by atoms with E-state index < -0.39 is 10.2 Å². The van der Waals surface area contributed by atoms with E-state index in [2.05, 4.69) is 0 Å². The van der Waals surface area contributed by atoms with Crippen molar-refractivity contribution in [3.05, 3.63) is 65.7 Å². The summed E-state index contributed by atoms with van der Waals surface area (Å²) in [7, 11) is -1.81. The summed E-state index contributed by atoms with van der Waals surface area (Å²) in [5, 5.41) is 0. The predicted octanol–water partition coefficient (Wildman–Crippen LogP) is 3.53. The molecule has 1 saturated heterocycles. The minimum absolute atomic E-state index is 0.0832. The first-order valence-corrected chi connectivity index (χ1v) is 13.1. The molecule has 7 nitrogen and oxygen atoms in total. The van der Waals surface area contributed by atoms with Crippen LogP contribution in [0.3, 0.4) is 0 Å². The molecular formula is C25H33N3O4S. The number of piperazine rings is 1. The van der Waals surface area contributed by atoms with Gasteiger partial charge in [-0.1, -0.05) is 55.7 Å². The molecule has 1 saturated carbocycles. The van der Waals surface area contributed by atoms with Gasteiger partial charge in [0.15, 0.2) is 0 Å². The third-order valence-corrected chi connectivity index (χ3v) is 8.73. The molecule has 1 aliphatic carbocycles. The van der Waals surface area contributed by atoms with E-state index >= 15 is 0 Å². The van der Waals surface area contributed by atoms with E-state index in [1.807, 2.05) is 54.6 Å². The van der Waals surface area contributed by atoms with Crippen LogP contribution in [0.1, 0.15) is 48.0 Å². The molecule has 4 rings (SSSR count). The zero-order chi connectivity index (χ0) is 23.3. The second kappa shape index (κ2) is 10.7. The summed E-state index contributed by atoms with van der Waals surface area (Å²) >= 11 is 0. The Morgan fingerprint density at radius 2 is 1.58 bits per heavy atom. The van der Waals surface area contributed by atoms with E-state index in [0.717, 1.165) is 37.0 Å². The Balaban J connectivity index is 1.37. The van der Waals surface area contributed by atoms with Gasteiger partial charge in [-0.3, -0.25) is 4.79 Å². The summed E-state index contributed by atoms with van der Waals surface area (Å²) in [6.45, 7) is 1.68. The molecule has 2 aromatic rings. The summed E-state index contributed by atoms with van der Waals surface area (Å²) in [5.74, 6) is 0.667.